The van der Waals surface area contributed by atoms with Crippen molar-refractivity contribution in [1.82, 2.24) is 5.43 Å². The second-order valence-corrected chi connectivity index (χ2v) is 6.09. The maximum atomic E-state index is 12.3. The molecule has 1 atom stereocenters. The molecule has 4 rings (SSSR count). The van der Waals surface area contributed by atoms with Gasteiger partial charge >= 0.3 is 0 Å². The van der Waals surface area contributed by atoms with Gasteiger partial charge in [0.2, 0.25) is 6.10 Å². The highest BCUT2D eigenvalue weighted by Crippen LogP contribution is 2.30. The lowest BCUT2D eigenvalue weighted by Gasteiger charge is -2.24. The molecule has 3 aromatic rings. The lowest BCUT2D eigenvalue weighted by molar-refractivity contribution is -0.130. The third kappa shape index (κ3) is 4.29. The van der Waals surface area contributed by atoms with Crippen LogP contribution in [0.3, 0.4) is 0 Å². The standard InChI is InChI=1S/C22H18N2O4/c25-22(21-15-26-19-11-4-5-12-20(19)28-21)24-23-14-16-7-6-10-18(13-16)27-17-8-2-1-3-9-17/h1-14,21H,15H2,(H,24,25). The molecule has 1 aliphatic rings. The molecule has 0 aliphatic carbocycles. The average Bonchev–Trinajstić information content (AvgIpc) is 2.74. The summed E-state index contributed by atoms with van der Waals surface area (Å²) >= 11 is 0. The van der Waals surface area contributed by atoms with Crippen LogP contribution in [0.25, 0.3) is 0 Å². The summed E-state index contributed by atoms with van der Waals surface area (Å²) in [7, 11) is 0. The quantitative estimate of drug-likeness (QED) is 0.545. The fourth-order valence-corrected chi connectivity index (χ4v) is 2.67. The van der Waals surface area contributed by atoms with Gasteiger partial charge in [-0.15, -0.1) is 0 Å². The molecule has 1 N–H and O–H groups in total. The number of carbonyl (C=O) groups is 1. The topological polar surface area (TPSA) is 69.2 Å². The number of benzene rings is 3. The van der Waals surface area contributed by atoms with Crippen molar-refractivity contribution >= 4 is 12.1 Å². The minimum absolute atomic E-state index is 0.138. The number of nitrogens with one attached hydrogen (secondary N) is 1. The van der Waals surface area contributed by atoms with Crippen LogP contribution >= 0.6 is 0 Å². The van der Waals surface area contributed by atoms with Gasteiger partial charge in [0.25, 0.3) is 5.91 Å². The van der Waals surface area contributed by atoms with Gasteiger partial charge in [-0.1, -0.05) is 42.5 Å². The molecule has 0 fully saturated rings. The maximum Gasteiger partial charge on any atom is 0.284 e. The third-order valence-corrected chi connectivity index (χ3v) is 4.03. The lowest BCUT2D eigenvalue weighted by atomic mass is 10.2. The molecule has 1 aliphatic heterocycles. The summed E-state index contributed by atoms with van der Waals surface area (Å²) < 4.78 is 17.0. The van der Waals surface area contributed by atoms with Gasteiger partial charge in [-0.3, -0.25) is 4.79 Å². The summed E-state index contributed by atoms with van der Waals surface area (Å²) in [6.45, 7) is 0.138. The summed E-state index contributed by atoms with van der Waals surface area (Å²) in [4.78, 5) is 12.3. The van der Waals surface area contributed by atoms with Crippen LogP contribution in [-0.2, 0) is 4.79 Å². The zero-order valence-electron chi connectivity index (χ0n) is 14.9. The van der Waals surface area contributed by atoms with Crippen LogP contribution in [0.2, 0.25) is 0 Å². The van der Waals surface area contributed by atoms with Crippen LogP contribution in [0.1, 0.15) is 5.56 Å². The first kappa shape index (κ1) is 17.6. The van der Waals surface area contributed by atoms with E-state index >= 15 is 0 Å². The Hall–Kier alpha value is -3.80. The molecule has 28 heavy (non-hydrogen) atoms. The van der Waals surface area contributed by atoms with Crippen LogP contribution in [0.4, 0.5) is 0 Å². The van der Waals surface area contributed by atoms with E-state index in [2.05, 4.69) is 10.5 Å². The monoisotopic (exact) mass is 374 g/mol. The SMILES string of the molecule is O=C(NN=Cc1cccc(Oc2ccccc2)c1)C1COc2ccccc2O1. The van der Waals surface area contributed by atoms with Crippen molar-refractivity contribution < 1.29 is 19.0 Å². The first-order valence-corrected chi connectivity index (χ1v) is 8.82. The van der Waals surface area contributed by atoms with Gasteiger partial charge in [0.15, 0.2) is 11.5 Å². The number of rotatable bonds is 5. The highest BCUT2D eigenvalue weighted by molar-refractivity contribution is 5.85. The molecule has 6 nitrogen and oxygen atoms in total. The summed E-state index contributed by atoms with van der Waals surface area (Å²) in [5.41, 5.74) is 3.28. The van der Waals surface area contributed by atoms with Gasteiger partial charge in [0, 0.05) is 0 Å². The zero-order chi connectivity index (χ0) is 19.2. The zero-order valence-corrected chi connectivity index (χ0v) is 14.9. The normalized spacial score (nSPS) is 15.2. The van der Waals surface area contributed by atoms with Crippen molar-refractivity contribution in [1.29, 1.82) is 0 Å². The van der Waals surface area contributed by atoms with E-state index < -0.39 is 6.10 Å². The van der Waals surface area contributed by atoms with E-state index in [1.807, 2.05) is 66.7 Å². The van der Waals surface area contributed by atoms with Crippen LogP contribution in [0.15, 0.2) is 84.0 Å². The van der Waals surface area contributed by atoms with Crippen molar-refractivity contribution in [3.8, 4) is 23.0 Å². The minimum atomic E-state index is -0.750. The molecule has 1 heterocycles. The van der Waals surface area contributed by atoms with Gasteiger partial charge in [-0.2, -0.15) is 5.10 Å². The third-order valence-electron chi connectivity index (χ3n) is 4.03. The molecular weight excluding hydrogens is 356 g/mol. The molecular formula is C22H18N2O4. The number of ether oxygens (including phenoxy) is 3. The number of fused-ring (bicyclic) bond motifs is 1. The van der Waals surface area contributed by atoms with Gasteiger partial charge in [-0.25, -0.2) is 5.43 Å². The first-order chi connectivity index (χ1) is 13.8. The highest BCUT2D eigenvalue weighted by atomic mass is 16.6. The molecule has 0 saturated carbocycles. The van der Waals surface area contributed by atoms with Gasteiger partial charge < -0.3 is 14.2 Å². The summed E-state index contributed by atoms with van der Waals surface area (Å²) in [6, 6.07) is 24.1. The van der Waals surface area contributed by atoms with Gasteiger partial charge in [-0.05, 0) is 42.0 Å². The molecule has 140 valence electrons. The van der Waals surface area contributed by atoms with E-state index in [0.29, 0.717) is 17.2 Å². The van der Waals surface area contributed by atoms with Crippen molar-refractivity contribution in [2.24, 2.45) is 5.10 Å². The smallest absolute Gasteiger partial charge is 0.284 e. The predicted octanol–water partition coefficient (Wildman–Crippen LogP) is 3.77. The van der Waals surface area contributed by atoms with E-state index in [-0.39, 0.29) is 12.5 Å². The minimum Gasteiger partial charge on any atom is -0.485 e. The molecule has 0 radical (unpaired) electrons. The fourth-order valence-electron chi connectivity index (χ4n) is 2.67. The van der Waals surface area contributed by atoms with E-state index in [4.69, 9.17) is 14.2 Å². The molecule has 1 amide bonds. The highest BCUT2D eigenvalue weighted by Gasteiger charge is 2.26. The maximum absolute atomic E-state index is 12.3. The van der Waals surface area contributed by atoms with Crippen LogP contribution in [0.5, 0.6) is 23.0 Å². The van der Waals surface area contributed by atoms with E-state index in [0.717, 1.165) is 11.3 Å². The van der Waals surface area contributed by atoms with Gasteiger partial charge in [0.1, 0.15) is 18.1 Å². The van der Waals surface area contributed by atoms with Crippen molar-refractivity contribution in [2.45, 2.75) is 6.10 Å². The number of nitrogens with zero attached hydrogens (tertiary/aromatic N) is 1. The summed E-state index contributed by atoms with van der Waals surface area (Å²) in [6.07, 6.45) is 0.799. The molecule has 3 aromatic carbocycles. The number of amides is 1. The largest absolute Gasteiger partial charge is 0.485 e. The van der Waals surface area contributed by atoms with Crippen molar-refractivity contribution in [3.05, 3.63) is 84.4 Å². The Morgan fingerprint density at radius 2 is 1.71 bits per heavy atom. The number of hydrogen-bond donors (Lipinski definition) is 1. The van der Waals surface area contributed by atoms with E-state index in [1.54, 1.807) is 18.3 Å². The fraction of sp³-hybridized carbons (Fsp3) is 0.0909. The predicted molar refractivity (Wildman–Crippen MR) is 105 cm³/mol. The molecule has 0 spiro atoms. The van der Waals surface area contributed by atoms with Crippen LogP contribution in [-0.4, -0.2) is 24.8 Å². The van der Waals surface area contributed by atoms with E-state index in [9.17, 15) is 4.79 Å². The number of hydrazone groups is 1. The molecule has 1 unspecified atom stereocenters. The summed E-state index contributed by atoms with van der Waals surface area (Å²) in [5.74, 6) is 2.23. The number of carbonyl (C=O) groups excluding carboxylic acids is 1. The molecule has 0 saturated heterocycles. The average molecular weight is 374 g/mol. The number of para-hydroxylation sites is 3. The lowest BCUT2D eigenvalue weighted by Crippen LogP contribution is -2.42. The van der Waals surface area contributed by atoms with Gasteiger partial charge in [0.05, 0.1) is 6.21 Å². The molecule has 0 bridgehead atoms. The molecule has 6 heteroatoms. The Bertz CT molecular complexity index is 989. The van der Waals surface area contributed by atoms with Crippen LogP contribution < -0.4 is 19.6 Å². The Kier molecular flexibility index (Phi) is 5.20. The summed E-state index contributed by atoms with van der Waals surface area (Å²) in [5, 5.41) is 4.01. The first-order valence-electron chi connectivity index (χ1n) is 8.82. The Morgan fingerprint density at radius 3 is 2.57 bits per heavy atom. The second-order valence-electron chi connectivity index (χ2n) is 6.09. The number of hydrogen-bond acceptors (Lipinski definition) is 5. The second kappa shape index (κ2) is 8.26. The Balaban J connectivity index is 1.35. The van der Waals surface area contributed by atoms with Crippen molar-refractivity contribution in [3.63, 3.8) is 0 Å². The van der Waals surface area contributed by atoms with Crippen molar-refractivity contribution in [2.75, 3.05) is 6.61 Å². The molecule has 0 aromatic heterocycles. The Labute approximate surface area is 162 Å². The van der Waals surface area contributed by atoms with Crippen LogP contribution in [0, 0.1) is 0 Å². The Morgan fingerprint density at radius 1 is 0.964 bits per heavy atom. The van der Waals surface area contributed by atoms with E-state index in [1.165, 1.54) is 0 Å².